The molecule has 0 saturated carbocycles. The van der Waals surface area contributed by atoms with Gasteiger partial charge in [0.2, 0.25) is 0 Å². The Labute approximate surface area is 144 Å². The second-order valence-electron chi connectivity index (χ2n) is 5.45. The maximum absolute atomic E-state index is 12.4. The second-order valence-corrected chi connectivity index (χ2v) is 5.45. The molecule has 7 N–H and O–H groups in total. The van der Waals surface area contributed by atoms with E-state index < -0.39 is 35.7 Å². The fourth-order valence-electron chi connectivity index (χ4n) is 2.49. The third-order valence-corrected chi connectivity index (χ3v) is 3.98. The Morgan fingerprint density at radius 2 is 1.88 bits per heavy atom. The highest BCUT2D eigenvalue weighted by atomic mass is 16.4. The Hall–Kier alpha value is -3.09. The summed E-state index contributed by atoms with van der Waals surface area (Å²) in [6.45, 7) is 0. The van der Waals surface area contributed by atoms with E-state index in [1.54, 1.807) is 18.2 Å². The van der Waals surface area contributed by atoms with Gasteiger partial charge in [-0.1, -0.05) is 24.3 Å². The van der Waals surface area contributed by atoms with Crippen molar-refractivity contribution in [2.45, 2.75) is 30.3 Å². The van der Waals surface area contributed by atoms with Crippen LogP contribution in [0.1, 0.15) is 30.4 Å². The topological polar surface area (TPSA) is 186 Å². The van der Waals surface area contributed by atoms with Crippen LogP contribution in [-0.2, 0) is 19.9 Å². The SMILES string of the molecule is N#CCC(N)(c1ccc(C=NN)cc1)C(N)(C(=O)O)C(=O)CCC=O. The van der Waals surface area contributed by atoms with Gasteiger partial charge in [-0.25, -0.2) is 4.79 Å². The van der Waals surface area contributed by atoms with Crippen LogP contribution in [0.4, 0.5) is 0 Å². The molecule has 0 aliphatic carbocycles. The summed E-state index contributed by atoms with van der Waals surface area (Å²) < 4.78 is 0. The summed E-state index contributed by atoms with van der Waals surface area (Å²) in [6.07, 6.45) is 0.721. The van der Waals surface area contributed by atoms with Gasteiger partial charge in [-0.2, -0.15) is 10.4 Å². The van der Waals surface area contributed by atoms with Crippen molar-refractivity contribution in [3.8, 4) is 6.07 Å². The van der Waals surface area contributed by atoms with Gasteiger partial charge in [-0.05, 0) is 11.1 Å². The predicted molar refractivity (Wildman–Crippen MR) is 89.2 cm³/mol. The summed E-state index contributed by atoms with van der Waals surface area (Å²) in [5.74, 6) is 2.45. The van der Waals surface area contributed by atoms with Gasteiger partial charge in [0, 0.05) is 12.8 Å². The Morgan fingerprint density at radius 3 is 2.32 bits per heavy atom. The first-order chi connectivity index (χ1) is 11.8. The molecule has 0 aliphatic heterocycles. The number of hydrogen-bond acceptors (Lipinski definition) is 8. The van der Waals surface area contributed by atoms with Gasteiger partial charge in [0.05, 0.1) is 24.2 Å². The molecule has 1 aromatic rings. The highest BCUT2D eigenvalue weighted by Gasteiger charge is 2.57. The second kappa shape index (κ2) is 8.14. The molecule has 0 amide bonds. The third kappa shape index (κ3) is 3.71. The number of hydrazone groups is 1. The fourth-order valence-corrected chi connectivity index (χ4v) is 2.49. The van der Waals surface area contributed by atoms with Crippen LogP contribution in [0.3, 0.4) is 0 Å². The molecule has 9 nitrogen and oxygen atoms in total. The standard InChI is InChI=1S/C16H19N5O4/c17-8-7-15(18,12-5-3-11(4-6-12)10-21-20)16(19,14(24)25)13(23)2-1-9-22/h3-6,9-10H,1-2,7,18-20H2,(H,24,25). The van der Waals surface area contributed by atoms with Gasteiger partial charge in [-0.3, -0.25) is 4.79 Å². The molecule has 0 bridgehead atoms. The van der Waals surface area contributed by atoms with E-state index in [1.807, 2.05) is 0 Å². The van der Waals surface area contributed by atoms with Gasteiger partial charge in [0.1, 0.15) is 6.29 Å². The normalized spacial score (nSPS) is 15.7. The summed E-state index contributed by atoms with van der Waals surface area (Å²) in [6, 6.07) is 7.77. The Morgan fingerprint density at radius 1 is 1.28 bits per heavy atom. The molecular formula is C16H19N5O4. The highest BCUT2D eigenvalue weighted by Crippen LogP contribution is 2.34. The van der Waals surface area contributed by atoms with Crippen LogP contribution in [0.15, 0.2) is 29.4 Å². The third-order valence-electron chi connectivity index (χ3n) is 3.98. The van der Waals surface area contributed by atoms with Gasteiger partial charge >= 0.3 is 5.97 Å². The van der Waals surface area contributed by atoms with Crippen molar-refractivity contribution < 1.29 is 19.5 Å². The summed E-state index contributed by atoms with van der Waals surface area (Å²) in [4.78, 5) is 34.8. The summed E-state index contributed by atoms with van der Waals surface area (Å²) in [5, 5.41) is 22.1. The largest absolute Gasteiger partial charge is 0.479 e. The minimum absolute atomic E-state index is 0.188. The lowest BCUT2D eigenvalue weighted by Crippen LogP contribution is -2.72. The minimum atomic E-state index is -2.57. The Bertz CT molecular complexity index is 725. The van der Waals surface area contributed by atoms with Gasteiger partial charge in [0.25, 0.3) is 0 Å². The first-order valence-corrected chi connectivity index (χ1v) is 7.26. The van der Waals surface area contributed by atoms with E-state index in [0.717, 1.165) is 0 Å². The molecule has 0 aromatic heterocycles. The number of benzene rings is 1. The quantitative estimate of drug-likeness (QED) is 0.150. The summed E-state index contributed by atoms with van der Waals surface area (Å²) in [7, 11) is 0. The van der Waals surface area contributed by atoms with Crippen LogP contribution in [0.5, 0.6) is 0 Å². The molecule has 0 heterocycles. The predicted octanol–water partition coefficient (Wildman–Crippen LogP) is -0.623. The minimum Gasteiger partial charge on any atom is -0.479 e. The smallest absolute Gasteiger partial charge is 0.333 e. The molecule has 1 aromatic carbocycles. The summed E-state index contributed by atoms with van der Waals surface area (Å²) in [5.41, 5.74) is 8.37. The molecular weight excluding hydrogens is 326 g/mol. The molecule has 2 unspecified atom stereocenters. The molecule has 9 heteroatoms. The zero-order valence-corrected chi connectivity index (χ0v) is 13.4. The number of carbonyl (C=O) groups excluding carboxylic acids is 2. The number of ketones is 1. The van der Waals surface area contributed by atoms with Crippen LogP contribution in [0.25, 0.3) is 0 Å². The van der Waals surface area contributed by atoms with Crippen LogP contribution in [-0.4, -0.2) is 34.9 Å². The van der Waals surface area contributed by atoms with Crippen LogP contribution < -0.4 is 17.3 Å². The number of Topliss-reactive ketones (excluding diaryl/α,β-unsaturated/α-hetero) is 1. The number of nitrogens with zero attached hydrogens (tertiary/aromatic N) is 2. The first kappa shape index (κ1) is 20.0. The van der Waals surface area contributed by atoms with Crippen molar-refractivity contribution in [1.82, 2.24) is 0 Å². The van der Waals surface area contributed by atoms with Crippen LogP contribution >= 0.6 is 0 Å². The number of nitrogens with two attached hydrogens (primary N) is 3. The number of nitriles is 1. The summed E-state index contributed by atoms with van der Waals surface area (Å²) >= 11 is 0. The van der Waals surface area contributed by atoms with Gasteiger partial charge in [0.15, 0.2) is 11.3 Å². The van der Waals surface area contributed by atoms with E-state index in [4.69, 9.17) is 22.6 Å². The van der Waals surface area contributed by atoms with E-state index in [2.05, 4.69) is 5.10 Å². The first-order valence-electron chi connectivity index (χ1n) is 7.26. The number of carboxylic acids is 1. The van der Waals surface area contributed by atoms with Crippen molar-refractivity contribution in [2.24, 2.45) is 22.4 Å². The number of rotatable bonds is 9. The molecule has 1 rings (SSSR count). The number of aldehydes is 1. The molecule has 0 fully saturated rings. The van der Waals surface area contributed by atoms with E-state index in [0.29, 0.717) is 11.8 Å². The average Bonchev–Trinajstić information content (AvgIpc) is 2.59. The Balaban J connectivity index is 3.50. The number of hydrogen-bond donors (Lipinski definition) is 4. The molecule has 132 valence electrons. The van der Waals surface area contributed by atoms with E-state index in [1.165, 1.54) is 18.3 Å². The number of carboxylic acid groups (broad SMARTS) is 1. The van der Waals surface area contributed by atoms with E-state index in [9.17, 15) is 19.5 Å². The van der Waals surface area contributed by atoms with Gasteiger partial charge < -0.3 is 27.2 Å². The van der Waals surface area contributed by atoms with E-state index >= 15 is 0 Å². The van der Waals surface area contributed by atoms with E-state index in [-0.39, 0.29) is 12.0 Å². The molecule has 0 radical (unpaired) electrons. The zero-order chi connectivity index (χ0) is 19.1. The van der Waals surface area contributed by atoms with Crippen molar-refractivity contribution >= 4 is 24.3 Å². The molecule has 25 heavy (non-hydrogen) atoms. The lowest BCUT2D eigenvalue weighted by Gasteiger charge is -2.40. The van der Waals surface area contributed by atoms with Crippen molar-refractivity contribution in [3.63, 3.8) is 0 Å². The highest BCUT2D eigenvalue weighted by molar-refractivity contribution is 6.09. The van der Waals surface area contributed by atoms with Crippen molar-refractivity contribution in [1.29, 1.82) is 5.26 Å². The molecule has 0 spiro atoms. The molecule has 0 aliphatic rings. The molecule has 0 saturated heterocycles. The monoisotopic (exact) mass is 345 g/mol. The maximum atomic E-state index is 12.4. The van der Waals surface area contributed by atoms with Crippen LogP contribution in [0.2, 0.25) is 0 Å². The Kier molecular flexibility index (Phi) is 6.50. The zero-order valence-electron chi connectivity index (χ0n) is 13.4. The number of aliphatic carboxylic acids is 1. The number of carbonyl (C=O) groups is 3. The van der Waals surface area contributed by atoms with Crippen molar-refractivity contribution in [2.75, 3.05) is 0 Å². The molecule has 2 atom stereocenters. The van der Waals surface area contributed by atoms with Gasteiger partial charge in [-0.15, -0.1) is 0 Å². The lowest BCUT2D eigenvalue weighted by atomic mass is 9.68. The van der Waals surface area contributed by atoms with Crippen molar-refractivity contribution in [3.05, 3.63) is 35.4 Å². The van der Waals surface area contributed by atoms with Crippen LogP contribution in [0, 0.1) is 11.3 Å². The fraction of sp³-hybridized carbons (Fsp3) is 0.312. The maximum Gasteiger partial charge on any atom is 0.333 e. The average molecular weight is 345 g/mol. The lowest BCUT2D eigenvalue weighted by molar-refractivity contribution is -0.152.